The summed E-state index contributed by atoms with van der Waals surface area (Å²) >= 11 is 0. The van der Waals surface area contributed by atoms with E-state index in [2.05, 4.69) is 19.8 Å². The van der Waals surface area contributed by atoms with Crippen molar-refractivity contribution in [2.24, 2.45) is 0 Å². The molecule has 6 heteroatoms. The van der Waals surface area contributed by atoms with Gasteiger partial charge in [0.2, 0.25) is 0 Å². The Labute approximate surface area is 108 Å². The second-order valence-corrected chi connectivity index (χ2v) is 4.03. The summed E-state index contributed by atoms with van der Waals surface area (Å²) in [6.07, 6.45) is 6.71. The van der Waals surface area contributed by atoms with Crippen LogP contribution in [0.15, 0.2) is 18.7 Å². The fraction of sp³-hybridized carbons (Fsp3) is 0.600. The Kier molecular flexibility index (Phi) is 4.77. The van der Waals surface area contributed by atoms with Gasteiger partial charge in [-0.2, -0.15) is 0 Å². The number of piperazine rings is 1. The molecule has 3 rings (SSSR count). The summed E-state index contributed by atoms with van der Waals surface area (Å²) in [5.41, 5.74) is 1.18. The molecule has 2 unspecified atom stereocenters. The number of anilines is 1. The van der Waals surface area contributed by atoms with Crippen LogP contribution in [0.25, 0.3) is 0 Å². The number of hydrogen-bond acceptors (Lipinski definition) is 4. The quantitative estimate of drug-likeness (QED) is 0.762. The van der Waals surface area contributed by atoms with E-state index in [0.717, 1.165) is 6.54 Å². The molecule has 4 nitrogen and oxygen atoms in total. The average Bonchev–Trinajstić information content (AvgIpc) is 2.62. The Morgan fingerprint density at radius 3 is 2.56 bits per heavy atom. The summed E-state index contributed by atoms with van der Waals surface area (Å²) in [5.74, 6) is 0. The van der Waals surface area contributed by atoms with Crippen LogP contribution in [0.1, 0.15) is 6.42 Å². The van der Waals surface area contributed by atoms with Crippen LogP contribution in [0.5, 0.6) is 0 Å². The Bertz CT molecular complexity index is 322. The van der Waals surface area contributed by atoms with Gasteiger partial charge in [-0.05, 0) is 6.42 Å². The maximum Gasteiger partial charge on any atom is 0.115 e. The lowest BCUT2D eigenvalue weighted by Crippen LogP contribution is -2.46. The van der Waals surface area contributed by atoms with Crippen molar-refractivity contribution in [2.75, 3.05) is 31.1 Å². The highest BCUT2D eigenvalue weighted by Crippen LogP contribution is 2.25. The minimum Gasteiger partial charge on any atom is -0.363 e. The maximum absolute atomic E-state index is 4.08. The number of hydrogen-bond donors (Lipinski definition) is 0. The number of rotatable bonds is 1. The van der Waals surface area contributed by atoms with E-state index in [1.54, 1.807) is 6.33 Å². The van der Waals surface area contributed by atoms with Crippen molar-refractivity contribution in [3.8, 4) is 0 Å². The van der Waals surface area contributed by atoms with Gasteiger partial charge in [-0.25, -0.2) is 9.97 Å². The summed E-state index contributed by atoms with van der Waals surface area (Å²) in [5, 5.41) is 0. The molecule has 0 N–H and O–H groups in total. The van der Waals surface area contributed by atoms with Crippen molar-refractivity contribution in [3.63, 3.8) is 0 Å². The van der Waals surface area contributed by atoms with Crippen LogP contribution in [0.2, 0.25) is 0 Å². The van der Waals surface area contributed by atoms with Gasteiger partial charge in [0.05, 0.1) is 18.1 Å². The molecule has 2 atom stereocenters. The third-order valence-electron chi connectivity index (χ3n) is 3.22. The molecule has 0 spiro atoms. The predicted molar refractivity (Wildman–Crippen MR) is 68.7 cm³/mol. The van der Waals surface area contributed by atoms with E-state index >= 15 is 0 Å². The second kappa shape index (κ2) is 5.66. The van der Waals surface area contributed by atoms with Crippen LogP contribution < -0.4 is 4.90 Å². The van der Waals surface area contributed by atoms with Crippen molar-refractivity contribution < 1.29 is 0 Å². The van der Waals surface area contributed by atoms with Crippen molar-refractivity contribution in [2.45, 2.75) is 12.5 Å². The van der Waals surface area contributed by atoms with E-state index < -0.39 is 0 Å². The molecule has 2 aliphatic rings. The molecule has 3 heterocycles. The lowest BCUT2D eigenvalue weighted by Gasteiger charge is -2.35. The van der Waals surface area contributed by atoms with Gasteiger partial charge >= 0.3 is 0 Å². The molecule has 90 valence electrons. The monoisotopic (exact) mass is 262 g/mol. The number of aromatic nitrogens is 2. The van der Waals surface area contributed by atoms with Gasteiger partial charge < -0.3 is 4.90 Å². The first kappa shape index (κ1) is 13.5. The van der Waals surface area contributed by atoms with Crippen LogP contribution in [0, 0.1) is 0 Å². The van der Waals surface area contributed by atoms with E-state index in [4.69, 9.17) is 0 Å². The Hall–Kier alpha value is -0.580. The maximum atomic E-state index is 4.08. The second-order valence-electron chi connectivity index (χ2n) is 4.03. The number of halogens is 2. The first-order valence-electron chi connectivity index (χ1n) is 5.17. The van der Waals surface area contributed by atoms with Gasteiger partial charge in [0.15, 0.2) is 0 Å². The highest BCUT2D eigenvalue weighted by molar-refractivity contribution is 5.85. The van der Waals surface area contributed by atoms with E-state index in [1.165, 1.54) is 31.7 Å². The third-order valence-corrected chi connectivity index (χ3v) is 3.22. The van der Waals surface area contributed by atoms with Crippen LogP contribution in [-0.2, 0) is 0 Å². The SMILES string of the molecule is Cl.Cl.c1ncc(N2CCN3CCC2C3)cn1. The predicted octanol–water partition coefficient (Wildman–Crippen LogP) is 1.21. The summed E-state index contributed by atoms with van der Waals surface area (Å²) in [6.45, 7) is 4.78. The fourth-order valence-electron chi connectivity index (χ4n) is 2.48. The van der Waals surface area contributed by atoms with Gasteiger partial charge in [-0.3, -0.25) is 4.90 Å². The summed E-state index contributed by atoms with van der Waals surface area (Å²) in [7, 11) is 0. The Morgan fingerprint density at radius 2 is 1.81 bits per heavy atom. The highest BCUT2D eigenvalue weighted by Gasteiger charge is 2.32. The van der Waals surface area contributed by atoms with E-state index in [-0.39, 0.29) is 24.8 Å². The van der Waals surface area contributed by atoms with Crippen molar-refractivity contribution in [1.82, 2.24) is 14.9 Å². The average molecular weight is 263 g/mol. The van der Waals surface area contributed by atoms with Gasteiger partial charge in [0, 0.05) is 32.2 Å². The summed E-state index contributed by atoms with van der Waals surface area (Å²) in [6, 6.07) is 0.690. The van der Waals surface area contributed by atoms with Gasteiger partial charge in [0.25, 0.3) is 0 Å². The molecule has 1 aromatic heterocycles. The van der Waals surface area contributed by atoms with Crippen molar-refractivity contribution >= 4 is 30.5 Å². The van der Waals surface area contributed by atoms with Crippen LogP contribution in [-0.4, -0.2) is 47.1 Å². The standard InChI is InChI=1S/C10H14N4.2ClH/c1-2-13-3-4-14(9(1)7-13)10-5-11-8-12-6-10;;/h5-6,8-9H,1-4,7H2;2*1H. The van der Waals surface area contributed by atoms with Crippen molar-refractivity contribution in [1.29, 1.82) is 0 Å². The van der Waals surface area contributed by atoms with Gasteiger partial charge in [-0.15, -0.1) is 24.8 Å². The topological polar surface area (TPSA) is 32.3 Å². The third kappa shape index (κ3) is 2.39. The smallest absolute Gasteiger partial charge is 0.115 e. The van der Waals surface area contributed by atoms with Crippen LogP contribution >= 0.6 is 24.8 Å². The Morgan fingerprint density at radius 1 is 1.06 bits per heavy atom. The van der Waals surface area contributed by atoms with Crippen LogP contribution in [0.4, 0.5) is 5.69 Å². The van der Waals surface area contributed by atoms with Gasteiger partial charge in [-0.1, -0.05) is 0 Å². The molecule has 0 radical (unpaired) electrons. The highest BCUT2D eigenvalue weighted by atomic mass is 35.5. The molecule has 0 aromatic carbocycles. The first-order valence-corrected chi connectivity index (χ1v) is 5.17. The largest absolute Gasteiger partial charge is 0.363 e. The fourth-order valence-corrected chi connectivity index (χ4v) is 2.48. The normalized spacial score (nSPS) is 26.9. The molecular weight excluding hydrogens is 247 g/mol. The zero-order valence-corrected chi connectivity index (χ0v) is 10.6. The van der Waals surface area contributed by atoms with Crippen molar-refractivity contribution in [3.05, 3.63) is 18.7 Å². The number of fused-ring (bicyclic) bond motifs is 2. The molecule has 2 bridgehead atoms. The first-order chi connectivity index (χ1) is 6.93. The van der Waals surface area contributed by atoms with E-state index in [9.17, 15) is 0 Å². The minimum atomic E-state index is 0. The lowest BCUT2D eigenvalue weighted by atomic mass is 10.2. The zero-order valence-electron chi connectivity index (χ0n) is 8.95. The molecule has 2 aliphatic heterocycles. The summed E-state index contributed by atoms with van der Waals surface area (Å²) in [4.78, 5) is 13.1. The molecular formula is C10H16Cl2N4. The molecule has 0 saturated carbocycles. The molecule has 1 aromatic rings. The molecule has 16 heavy (non-hydrogen) atoms. The molecule has 0 amide bonds. The summed E-state index contributed by atoms with van der Waals surface area (Å²) < 4.78 is 0. The van der Waals surface area contributed by atoms with E-state index in [0.29, 0.717) is 6.04 Å². The van der Waals surface area contributed by atoms with Crippen LogP contribution in [0.3, 0.4) is 0 Å². The zero-order chi connectivity index (χ0) is 9.38. The number of nitrogens with zero attached hydrogens (tertiary/aromatic N) is 4. The molecule has 2 fully saturated rings. The Balaban J connectivity index is 0.000000640. The minimum absolute atomic E-state index is 0. The lowest BCUT2D eigenvalue weighted by molar-refractivity contribution is 0.310. The van der Waals surface area contributed by atoms with Gasteiger partial charge in [0.1, 0.15) is 6.33 Å². The molecule has 0 aliphatic carbocycles. The van der Waals surface area contributed by atoms with E-state index in [1.807, 2.05) is 12.4 Å². The molecule has 2 saturated heterocycles.